The minimum Gasteiger partial charge on any atom is -0.402 e. The molecule has 4 heteroatoms. The first-order valence-electron chi connectivity index (χ1n) is 12.6. The number of benzene rings is 3. The van der Waals surface area contributed by atoms with Crippen LogP contribution in [0, 0.1) is 62.3 Å². The Labute approximate surface area is 212 Å². The third-order valence-electron chi connectivity index (χ3n) is 7.27. The molecule has 35 heavy (non-hydrogen) atoms. The van der Waals surface area contributed by atoms with Gasteiger partial charge in [-0.25, -0.2) is 0 Å². The summed E-state index contributed by atoms with van der Waals surface area (Å²) in [6.07, 6.45) is 1.48. The van der Waals surface area contributed by atoms with E-state index in [2.05, 4.69) is 98.7 Å². The first kappa shape index (κ1) is 27.2. The number of rotatable bonds is 8. The molecule has 0 aliphatic carbocycles. The molecule has 0 amide bonds. The second kappa shape index (κ2) is 10.7. The molecule has 0 spiro atoms. The van der Waals surface area contributed by atoms with Gasteiger partial charge in [0, 0.05) is 12.0 Å². The SMILES string of the molecule is Cc1cc(C)c(C(CCCOB(O)O)(c2c(C)cc(C)cc2C)c2c(C)cc(C)cc2C)c(C)c1. The zero-order chi connectivity index (χ0) is 26.1. The summed E-state index contributed by atoms with van der Waals surface area (Å²) < 4.78 is 5.19. The van der Waals surface area contributed by atoms with E-state index in [1.165, 1.54) is 66.8 Å². The van der Waals surface area contributed by atoms with Crippen LogP contribution in [0.5, 0.6) is 0 Å². The van der Waals surface area contributed by atoms with E-state index in [0.717, 1.165) is 6.42 Å². The van der Waals surface area contributed by atoms with E-state index in [1.807, 2.05) is 0 Å². The molecule has 2 N–H and O–H groups in total. The Hall–Kier alpha value is -2.40. The van der Waals surface area contributed by atoms with Crippen LogP contribution in [0.15, 0.2) is 36.4 Å². The molecule has 3 aromatic carbocycles. The number of aryl methyl sites for hydroxylation is 9. The lowest BCUT2D eigenvalue weighted by Gasteiger charge is -2.43. The average molecular weight is 472 g/mol. The Bertz CT molecular complexity index is 1020. The van der Waals surface area contributed by atoms with E-state index in [9.17, 15) is 10.0 Å². The summed E-state index contributed by atoms with van der Waals surface area (Å²) in [5.41, 5.74) is 15.1. The van der Waals surface area contributed by atoms with Crippen LogP contribution in [0.1, 0.15) is 79.6 Å². The molecular weight excluding hydrogens is 431 g/mol. The Balaban J connectivity index is 2.51. The van der Waals surface area contributed by atoms with Gasteiger partial charge in [-0.2, -0.15) is 0 Å². The molecule has 0 radical (unpaired) electrons. The highest BCUT2D eigenvalue weighted by Crippen LogP contribution is 2.50. The first-order valence-corrected chi connectivity index (χ1v) is 12.6. The third kappa shape index (κ3) is 5.40. The summed E-state index contributed by atoms with van der Waals surface area (Å²) in [6.45, 7) is 20.1. The van der Waals surface area contributed by atoms with Crippen LogP contribution in [0.25, 0.3) is 0 Å². The quantitative estimate of drug-likeness (QED) is 0.222. The smallest absolute Gasteiger partial charge is 0.402 e. The Morgan fingerprint density at radius 1 is 0.571 bits per heavy atom. The Morgan fingerprint density at radius 3 is 1.11 bits per heavy atom. The van der Waals surface area contributed by atoms with Gasteiger partial charge in [0.25, 0.3) is 0 Å². The van der Waals surface area contributed by atoms with Crippen molar-refractivity contribution in [2.45, 2.75) is 80.6 Å². The van der Waals surface area contributed by atoms with Gasteiger partial charge in [-0.15, -0.1) is 0 Å². The second-order valence-electron chi connectivity index (χ2n) is 10.5. The maximum Gasteiger partial charge on any atom is 0.633 e. The fraction of sp³-hybridized carbons (Fsp3) is 0.419. The van der Waals surface area contributed by atoms with Crippen molar-refractivity contribution in [3.63, 3.8) is 0 Å². The molecule has 0 saturated heterocycles. The molecule has 3 nitrogen and oxygen atoms in total. The fourth-order valence-electron chi connectivity index (χ4n) is 6.84. The lowest BCUT2D eigenvalue weighted by Crippen LogP contribution is -2.35. The topological polar surface area (TPSA) is 49.7 Å². The van der Waals surface area contributed by atoms with Crippen molar-refractivity contribution in [1.82, 2.24) is 0 Å². The van der Waals surface area contributed by atoms with E-state index >= 15 is 0 Å². The summed E-state index contributed by atoms with van der Waals surface area (Å²) in [4.78, 5) is 0. The van der Waals surface area contributed by atoms with Crippen LogP contribution in [-0.4, -0.2) is 24.0 Å². The standard InChI is InChI=1S/C31H41BO3/c1-19-13-22(4)28(23(5)14-19)31(11-10-12-35-32(33)34,29-24(6)15-20(2)16-25(29)7)30-26(8)17-21(3)18-27(30)9/h13-18,33-34H,10-12H2,1-9H3. The largest absolute Gasteiger partial charge is 0.633 e. The molecule has 0 fully saturated rings. The van der Waals surface area contributed by atoms with Crippen molar-refractivity contribution in [2.24, 2.45) is 0 Å². The lowest BCUT2D eigenvalue weighted by molar-refractivity contribution is 0.179. The molecule has 0 heterocycles. The van der Waals surface area contributed by atoms with E-state index in [1.54, 1.807) is 0 Å². The van der Waals surface area contributed by atoms with Gasteiger partial charge in [0.2, 0.25) is 0 Å². The summed E-state index contributed by atoms with van der Waals surface area (Å²) in [6, 6.07) is 13.8. The van der Waals surface area contributed by atoms with Gasteiger partial charge in [0.05, 0.1) is 0 Å². The van der Waals surface area contributed by atoms with Gasteiger partial charge in [0.15, 0.2) is 0 Å². The molecule has 0 aliphatic heterocycles. The highest BCUT2D eigenvalue weighted by Gasteiger charge is 2.42. The average Bonchev–Trinajstić information content (AvgIpc) is 2.68. The van der Waals surface area contributed by atoms with Crippen LogP contribution >= 0.6 is 0 Å². The highest BCUT2D eigenvalue weighted by atomic mass is 16.6. The molecule has 0 aliphatic rings. The maximum absolute atomic E-state index is 9.32. The van der Waals surface area contributed by atoms with Crippen molar-refractivity contribution in [1.29, 1.82) is 0 Å². The van der Waals surface area contributed by atoms with Gasteiger partial charge < -0.3 is 14.7 Å². The third-order valence-corrected chi connectivity index (χ3v) is 7.27. The van der Waals surface area contributed by atoms with E-state index in [-0.39, 0.29) is 6.61 Å². The summed E-state index contributed by atoms with van der Waals surface area (Å²) >= 11 is 0. The van der Waals surface area contributed by atoms with Crippen molar-refractivity contribution >= 4 is 7.32 Å². The van der Waals surface area contributed by atoms with Gasteiger partial charge in [0.1, 0.15) is 0 Å². The monoisotopic (exact) mass is 472 g/mol. The molecule has 3 aromatic rings. The summed E-state index contributed by atoms with van der Waals surface area (Å²) in [5.74, 6) is 0. The first-order chi connectivity index (χ1) is 16.4. The summed E-state index contributed by atoms with van der Waals surface area (Å²) in [7, 11) is -1.75. The second-order valence-corrected chi connectivity index (χ2v) is 10.5. The number of hydrogen-bond acceptors (Lipinski definition) is 3. The number of hydrogen-bond donors (Lipinski definition) is 2. The molecular formula is C31H41BO3. The fourth-order valence-corrected chi connectivity index (χ4v) is 6.84. The minimum atomic E-state index is -1.75. The molecule has 0 atom stereocenters. The maximum atomic E-state index is 9.32. The predicted octanol–water partition coefficient (Wildman–Crippen LogP) is 6.56. The zero-order valence-electron chi connectivity index (χ0n) is 23.0. The zero-order valence-corrected chi connectivity index (χ0v) is 23.0. The van der Waals surface area contributed by atoms with Crippen molar-refractivity contribution < 1.29 is 14.7 Å². The van der Waals surface area contributed by atoms with Crippen LogP contribution in [0.4, 0.5) is 0 Å². The van der Waals surface area contributed by atoms with Gasteiger partial charge in [-0.1, -0.05) is 53.1 Å². The van der Waals surface area contributed by atoms with Crippen LogP contribution < -0.4 is 0 Å². The van der Waals surface area contributed by atoms with Crippen molar-refractivity contribution in [3.8, 4) is 0 Å². The van der Waals surface area contributed by atoms with Crippen molar-refractivity contribution in [2.75, 3.05) is 6.61 Å². The minimum absolute atomic E-state index is 0.275. The molecule has 0 aromatic heterocycles. The lowest BCUT2D eigenvalue weighted by atomic mass is 9.60. The van der Waals surface area contributed by atoms with Crippen molar-refractivity contribution in [3.05, 3.63) is 103 Å². The van der Waals surface area contributed by atoms with E-state index in [0.29, 0.717) is 6.42 Å². The van der Waals surface area contributed by atoms with Gasteiger partial charge >= 0.3 is 7.32 Å². The molecule has 3 rings (SSSR count). The highest BCUT2D eigenvalue weighted by molar-refractivity contribution is 6.32. The molecule has 0 unspecified atom stereocenters. The van der Waals surface area contributed by atoms with Crippen LogP contribution in [-0.2, 0) is 10.1 Å². The predicted molar refractivity (Wildman–Crippen MR) is 147 cm³/mol. The normalized spacial score (nSPS) is 11.7. The molecule has 186 valence electrons. The van der Waals surface area contributed by atoms with Crippen LogP contribution in [0.3, 0.4) is 0 Å². The van der Waals surface area contributed by atoms with Gasteiger partial charge in [-0.05, 0) is 125 Å². The van der Waals surface area contributed by atoms with Crippen LogP contribution in [0.2, 0.25) is 0 Å². The van der Waals surface area contributed by atoms with E-state index < -0.39 is 12.7 Å². The van der Waals surface area contributed by atoms with E-state index in [4.69, 9.17) is 4.65 Å². The van der Waals surface area contributed by atoms with Gasteiger partial charge in [-0.3, -0.25) is 0 Å². The molecule has 0 bridgehead atoms. The summed E-state index contributed by atoms with van der Waals surface area (Å²) in [5, 5.41) is 18.6. The Morgan fingerprint density at radius 2 is 0.857 bits per heavy atom. The Kier molecular flexibility index (Phi) is 8.31. The molecule has 0 saturated carbocycles.